The van der Waals surface area contributed by atoms with Crippen molar-refractivity contribution in [3.05, 3.63) is 12.2 Å². The fourth-order valence-electron chi connectivity index (χ4n) is 2.10. The fourth-order valence-corrected chi connectivity index (χ4v) is 3.15. The van der Waals surface area contributed by atoms with E-state index >= 15 is 0 Å². The third kappa shape index (κ3) is 1.68. The van der Waals surface area contributed by atoms with Gasteiger partial charge in [0, 0.05) is 54.6 Å². The van der Waals surface area contributed by atoms with E-state index in [-0.39, 0.29) is 5.91 Å². The molecule has 0 aromatic rings. The Kier molecular flexibility index (Phi) is 3.08. The van der Waals surface area contributed by atoms with Crippen molar-refractivity contribution in [2.45, 2.75) is 18.5 Å². The van der Waals surface area contributed by atoms with Gasteiger partial charge in [0.15, 0.2) is 0 Å². The lowest BCUT2D eigenvalue weighted by molar-refractivity contribution is -0.128. The van der Waals surface area contributed by atoms with Gasteiger partial charge < -0.3 is 10.6 Å². The molecule has 0 bridgehead atoms. The second-order valence-corrected chi connectivity index (χ2v) is 4.91. The van der Waals surface area contributed by atoms with Crippen LogP contribution in [0, 0.1) is 0 Å². The van der Waals surface area contributed by atoms with Gasteiger partial charge in [-0.2, -0.15) is 0 Å². The molecule has 0 aliphatic carbocycles. The van der Waals surface area contributed by atoms with E-state index in [4.69, 9.17) is 5.73 Å². The van der Waals surface area contributed by atoms with E-state index in [1.165, 1.54) is 0 Å². The summed E-state index contributed by atoms with van der Waals surface area (Å²) in [5, 5.41) is 0. The van der Waals surface area contributed by atoms with Gasteiger partial charge in [-0.25, -0.2) is 3.11 Å². The van der Waals surface area contributed by atoms with Crippen LogP contribution >= 0.6 is 22.9 Å². The first-order valence-corrected chi connectivity index (χ1v) is 5.80. The molecule has 1 amide bonds. The number of likely N-dealkylation sites (tertiary alicyclic amines) is 1. The van der Waals surface area contributed by atoms with E-state index in [9.17, 15) is 4.79 Å². The minimum Gasteiger partial charge on any atom is -0.333 e. The van der Waals surface area contributed by atoms with Crippen molar-refractivity contribution >= 4 is 28.8 Å². The Morgan fingerprint density at radius 1 is 1.57 bits per heavy atom. The van der Waals surface area contributed by atoms with E-state index < -0.39 is 0 Å². The standard InChI is InChI=1S/C9H14IN3O/c10-13-6-8-7(13)3-5-12(8)9(14)2-1-4-11/h1-2,7-8H,3-6,11H2/b2-1+. The van der Waals surface area contributed by atoms with Crippen LogP contribution in [0.2, 0.25) is 0 Å². The van der Waals surface area contributed by atoms with E-state index in [1.807, 2.05) is 4.90 Å². The highest BCUT2D eigenvalue weighted by atomic mass is 127. The van der Waals surface area contributed by atoms with E-state index in [0.717, 1.165) is 19.5 Å². The number of rotatable bonds is 2. The van der Waals surface area contributed by atoms with E-state index in [2.05, 4.69) is 26.0 Å². The highest BCUT2D eigenvalue weighted by Crippen LogP contribution is 2.34. The molecule has 2 saturated heterocycles. The molecule has 0 saturated carbocycles. The number of carbonyl (C=O) groups excluding carboxylic acids is 1. The minimum absolute atomic E-state index is 0.118. The van der Waals surface area contributed by atoms with Crippen LogP contribution in [-0.2, 0) is 4.79 Å². The molecule has 2 rings (SSSR count). The largest absolute Gasteiger partial charge is 0.333 e. The number of fused-ring (bicyclic) bond motifs is 1. The molecule has 14 heavy (non-hydrogen) atoms. The van der Waals surface area contributed by atoms with Crippen LogP contribution in [0.25, 0.3) is 0 Å². The summed E-state index contributed by atoms with van der Waals surface area (Å²) in [5.41, 5.74) is 5.31. The van der Waals surface area contributed by atoms with Gasteiger partial charge in [-0.05, 0) is 6.42 Å². The Labute approximate surface area is 97.6 Å². The second kappa shape index (κ2) is 4.16. The predicted molar refractivity (Wildman–Crippen MR) is 62.8 cm³/mol. The number of halogens is 1. The van der Waals surface area contributed by atoms with Crippen LogP contribution in [-0.4, -0.2) is 45.6 Å². The number of nitrogens with zero attached hydrogens (tertiary/aromatic N) is 2. The molecular weight excluding hydrogens is 293 g/mol. The molecule has 78 valence electrons. The van der Waals surface area contributed by atoms with Crippen molar-refractivity contribution in [3.63, 3.8) is 0 Å². The first kappa shape index (κ1) is 10.4. The van der Waals surface area contributed by atoms with Gasteiger partial charge in [-0.3, -0.25) is 4.79 Å². The maximum Gasteiger partial charge on any atom is 0.246 e. The quantitative estimate of drug-likeness (QED) is 0.448. The van der Waals surface area contributed by atoms with E-state index in [0.29, 0.717) is 18.6 Å². The SMILES string of the molecule is NC/C=C/C(=O)N1CCC2C1CN2I. The topological polar surface area (TPSA) is 49.6 Å². The average molecular weight is 307 g/mol. The average Bonchev–Trinajstić information content (AvgIpc) is 2.51. The van der Waals surface area contributed by atoms with Gasteiger partial charge >= 0.3 is 0 Å². The molecular formula is C9H14IN3O. The molecule has 0 radical (unpaired) electrons. The first-order valence-electron chi connectivity index (χ1n) is 4.83. The molecule has 5 heteroatoms. The van der Waals surface area contributed by atoms with Crippen molar-refractivity contribution in [1.29, 1.82) is 0 Å². The van der Waals surface area contributed by atoms with Crippen molar-refractivity contribution < 1.29 is 4.79 Å². The molecule has 4 nitrogen and oxygen atoms in total. The van der Waals surface area contributed by atoms with Crippen molar-refractivity contribution in [2.75, 3.05) is 19.6 Å². The second-order valence-electron chi connectivity index (χ2n) is 3.68. The molecule has 2 N–H and O–H groups in total. The molecule has 0 aromatic heterocycles. The van der Waals surface area contributed by atoms with Crippen LogP contribution in [0.5, 0.6) is 0 Å². The fraction of sp³-hybridized carbons (Fsp3) is 0.667. The van der Waals surface area contributed by atoms with Crippen molar-refractivity contribution in [2.24, 2.45) is 5.73 Å². The molecule has 2 aliphatic rings. The van der Waals surface area contributed by atoms with Gasteiger partial charge in [-0.1, -0.05) is 6.08 Å². The highest BCUT2D eigenvalue weighted by Gasteiger charge is 2.47. The normalized spacial score (nSPS) is 32.0. The van der Waals surface area contributed by atoms with Crippen LogP contribution in [0.15, 0.2) is 12.2 Å². The van der Waals surface area contributed by atoms with Gasteiger partial charge in [0.2, 0.25) is 5.91 Å². The van der Waals surface area contributed by atoms with E-state index in [1.54, 1.807) is 12.2 Å². The summed E-state index contributed by atoms with van der Waals surface area (Å²) >= 11 is 2.33. The van der Waals surface area contributed by atoms with Crippen molar-refractivity contribution in [3.8, 4) is 0 Å². The summed E-state index contributed by atoms with van der Waals surface area (Å²) in [6.07, 6.45) is 4.42. The number of carbonyl (C=O) groups is 1. The van der Waals surface area contributed by atoms with Crippen LogP contribution in [0.1, 0.15) is 6.42 Å². The van der Waals surface area contributed by atoms with Crippen LogP contribution in [0.3, 0.4) is 0 Å². The third-order valence-corrected chi connectivity index (χ3v) is 4.02. The smallest absolute Gasteiger partial charge is 0.246 e. The highest BCUT2D eigenvalue weighted by molar-refractivity contribution is 14.1. The lowest BCUT2D eigenvalue weighted by atomic mass is 10.0. The Hall–Kier alpha value is -0.140. The predicted octanol–water partition coefficient (Wildman–Crippen LogP) is 0.136. The zero-order valence-corrected chi connectivity index (χ0v) is 10.1. The van der Waals surface area contributed by atoms with Gasteiger partial charge in [-0.15, -0.1) is 0 Å². The number of amides is 1. The molecule has 0 aromatic carbocycles. The Bertz CT molecular complexity index is 269. The van der Waals surface area contributed by atoms with Gasteiger partial charge in [0.1, 0.15) is 0 Å². The Balaban J connectivity index is 1.94. The maximum atomic E-state index is 11.7. The zero-order valence-electron chi connectivity index (χ0n) is 7.90. The first-order chi connectivity index (χ1) is 6.74. The molecule has 2 unspecified atom stereocenters. The monoisotopic (exact) mass is 307 g/mol. The Morgan fingerprint density at radius 2 is 2.36 bits per heavy atom. The molecule has 2 fully saturated rings. The lowest BCUT2D eigenvalue weighted by Gasteiger charge is -2.42. The summed E-state index contributed by atoms with van der Waals surface area (Å²) in [7, 11) is 0. The Morgan fingerprint density at radius 3 is 2.93 bits per heavy atom. The maximum absolute atomic E-state index is 11.7. The zero-order chi connectivity index (χ0) is 10.1. The van der Waals surface area contributed by atoms with Crippen LogP contribution in [0.4, 0.5) is 0 Å². The third-order valence-electron chi connectivity index (χ3n) is 2.91. The van der Waals surface area contributed by atoms with Crippen molar-refractivity contribution in [1.82, 2.24) is 8.01 Å². The molecule has 0 spiro atoms. The van der Waals surface area contributed by atoms with Gasteiger partial charge in [0.05, 0.1) is 6.04 Å². The van der Waals surface area contributed by atoms with Gasteiger partial charge in [0.25, 0.3) is 0 Å². The number of hydrogen-bond acceptors (Lipinski definition) is 3. The number of nitrogens with two attached hydrogens (primary N) is 1. The summed E-state index contributed by atoms with van der Waals surface area (Å²) in [5.74, 6) is 0.118. The lowest BCUT2D eigenvalue weighted by Crippen LogP contribution is -2.58. The summed E-state index contributed by atoms with van der Waals surface area (Å²) in [6.45, 7) is 2.34. The molecule has 2 aliphatic heterocycles. The summed E-state index contributed by atoms with van der Waals surface area (Å²) in [6, 6.07) is 1.03. The summed E-state index contributed by atoms with van der Waals surface area (Å²) in [4.78, 5) is 13.6. The summed E-state index contributed by atoms with van der Waals surface area (Å²) < 4.78 is 2.28. The molecule has 2 atom stereocenters. The molecule has 2 heterocycles. The van der Waals surface area contributed by atoms with Crippen LogP contribution < -0.4 is 5.73 Å². The minimum atomic E-state index is 0.118. The number of hydrogen-bond donors (Lipinski definition) is 1.